The molecule has 122 valence electrons. The van der Waals surface area contributed by atoms with Crippen LogP contribution in [0.25, 0.3) is 0 Å². The quantitative estimate of drug-likeness (QED) is 0.887. The molecule has 5 heteroatoms. The van der Waals surface area contributed by atoms with Crippen molar-refractivity contribution in [3.05, 3.63) is 53.9 Å². The van der Waals surface area contributed by atoms with Crippen LogP contribution < -0.4 is 10.6 Å². The Morgan fingerprint density at radius 1 is 1.35 bits per heavy atom. The summed E-state index contributed by atoms with van der Waals surface area (Å²) in [5, 5.41) is 10.8. The molecule has 0 bridgehead atoms. The molecule has 1 fully saturated rings. The van der Waals surface area contributed by atoms with Gasteiger partial charge < -0.3 is 10.6 Å². The molecule has 1 aliphatic heterocycles. The van der Waals surface area contributed by atoms with Crippen molar-refractivity contribution in [3.8, 4) is 0 Å². The number of hydrogen-bond donors (Lipinski definition) is 2. The number of hydrogen-bond acceptors (Lipinski definition) is 3. The van der Waals surface area contributed by atoms with Crippen molar-refractivity contribution in [3.63, 3.8) is 0 Å². The summed E-state index contributed by atoms with van der Waals surface area (Å²) in [6.07, 6.45) is 5.66. The number of rotatable bonds is 5. The predicted molar refractivity (Wildman–Crippen MR) is 89.8 cm³/mol. The Morgan fingerprint density at radius 2 is 2.17 bits per heavy atom. The zero-order valence-electron chi connectivity index (χ0n) is 13.5. The van der Waals surface area contributed by atoms with E-state index in [2.05, 4.69) is 34.8 Å². The van der Waals surface area contributed by atoms with Crippen molar-refractivity contribution in [2.24, 2.45) is 5.92 Å². The molecular formula is C18H24N4O. The highest BCUT2D eigenvalue weighted by Crippen LogP contribution is 2.16. The highest BCUT2D eigenvalue weighted by Gasteiger charge is 2.24. The molecule has 0 radical (unpaired) electrons. The second-order valence-corrected chi connectivity index (χ2v) is 6.33. The van der Waals surface area contributed by atoms with Gasteiger partial charge in [-0.2, -0.15) is 5.10 Å². The smallest absolute Gasteiger partial charge is 0.223 e. The molecule has 2 N–H and O–H groups in total. The van der Waals surface area contributed by atoms with Gasteiger partial charge in [-0.1, -0.05) is 30.3 Å². The maximum Gasteiger partial charge on any atom is 0.223 e. The summed E-state index contributed by atoms with van der Waals surface area (Å²) in [4.78, 5) is 12.2. The molecule has 0 spiro atoms. The predicted octanol–water partition coefficient (Wildman–Crippen LogP) is 1.94. The lowest BCUT2D eigenvalue weighted by Crippen LogP contribution is -2.42. The molecule has 0 aliphatic carbocycles. The molecule has 5 nitrogen and oxygen atoms in total. The number of carbonyl (C=O) groups excluding carboxylic acids is 1. The highest BCUT2D eigenvalue weighted by atomic mass is 16.1. The van der Waals surface area contributed by atoms with Crippen molar-refractivity contribution in [2.45, 2.75) is 38.9 Å². The maximum atomic E-state index is 12.2. The molecule has 0 saturated carbocycles. The number of aromatic nitrogens is 2. The third-order valence-corrected chi connectivity index (χ3v) is 4.34. The minimum absolute atomic E-state index is 0.130. The third kappa shape index (κ3) is 4.42. The van der Waals surface area contributed by atoms with Crippen molar-refractivity contribution in [1.29, 1.82) is 0 Å². The van der Waals surface area contributed by atoms with E-state index in [0.717, 1.165) is 31.5 Å². The van der Waals surface area contributed by atoms with Crippen LogP contribution in [0.1, 0.15) is 30.9 Å². The number of carbonyl (C=O) groups is 1. The van der Waals surface area contributed by atoms with Gasteiger partial charge in [-0.15, -0.1) is 0 Å². The molecular weight excluding hydrogens is 288 g/mol. The second kappa shape index (κ2) is 7.42. The van der Waals surface area contributed by atoms with E-state index in [4.69, 9.17) is 0 Å². The number of piperidine rings is 1. The molecule has 2 atom stereocenters. The van der Waals surface area contributed by atoms with E-state index in [9.17, 15) is 4.79 Å². The van der Waals surface area contributed by atoms with E-state index in [1.807, 2.05) is 35.3 Å². The van der Waals surface area contributed by atoms with E-state index in [1.165, 1.54) is 5.56 Å². The minimum atomic E-state index is 0.130. The first-order valence-corrected chi connectivity index (χ1v) is 8.27. The van der Waals surface area contributed by atoms with Crippen molar-refractivity contribution >= 4 is 5.91 Å². The van der Waals surface area contributed by atoms with Crippen LogP contribution in [-0.4, -0.2) is 28.3 Å². The van der Waals surface area contributed by atoms with Gasteiger partial charge >= 0.3 is 0 Å². The first-order valence-electron chi connectivity index (χ1n) is 8.27. The number of nitrogens with one attached hydrogen (secondary N) is 2. The maximum absolute atomic E-state index is 12.2. The monoisotopic (exact) mass is 312 g/mol. The van der Waals surface area contributed by atoms with E-state index in [0.29, 0.717) is 12.6 Å². The van der Waals surface area contributed by atoms with Crippen LogP contribution in [0.3, 0.4) is 0 Å². The highest BCUT2D eigenvalue weighted by molar-refractivity contribution is 5.78. The topological polar surface area (TPSA) is 59.0 Å². The fourth-order valence-electron chi connectivity index (χ4n) is 3.06. The van der Waals surface area contributed by atoms with E-state index >= 15 is 0 Å². The van der Waals surface area contributed by atoms with Crippen LogP contribution in [0, 0.1) is 5.92 Å². The Hall–Kier alpha value is -2.14. The molecule has 1 amide bonds. The Kier molecular flexibility index (Phi) is 5.08. The molecule has 1 saturated heterocycles. The van der Waals surface area contributed by atoms with Gasteiger partial charge in [0.05, 0.1) is 12.7 Å². The van der Waals surface area contributed by atoms with Gasteiger partial charge in [0.25, 0.3) is 0 Å². The van der Waals surface area contributed by atoms with Gasteiger partial charge in [-0.05, 0) is 31.9 Å². The standard InChI is InChI=1S/C18H24N4O/c1-14-9-17(7-8-19-14)18(23)20-10-16-11-21-22(13-16)12-15-5-3-2-4-6-15/h2-6,11,13-14,17,19H,7-10,12H2,1H3,(H,20,23)/t14-,17-/m0/s1. The molecule has 0 unspecified atom stereocenters. The van der Waals surface area contributed by atoms with Gasteiger partial charge in [-0.3, -0.25) is 9.48 Å². The van der Waals surface area contributed by atoms with Gasteiger partial charge in [0, 0.05) is 30.3 Å². The minimum Gasteiger partial charge on any atom is -0.352 e. The number of benzene rings is 1. The first-order chi connectivity index (χ1) is 11.2. The SMILES string of the molecule is C[C@H]1C[C@@H](C(=O)NCc2cnn(Cc3ccccc3)c2)CCN1. The molecule has 3 rings (SSSR count). The zero-order valence-corrected chi connectivity index (χ0v) is 13.5. The van der Waals surface area contributed by atoms with Gasteiger partial charge in [0.1, 0.15) is 0 Å². The van der Waals surface area contributed by atoms with Gasteiger partial charge in [0.15, 0.2) is 0 Å². The fraction of sp³-hybridized carbons (Fsp3) is 0.444. The molecule has 1 aliphatic rings. The summed E-state index contributed by atoms with van der Waals surface area (Å²) >= 11 is 0. The zero-order chi connectivity index (χ0) is 16.1. The Bertz CT molecular complexity index is 637. The van der Waals surface area contributed by atoms with Gasteiger partial charge in [0.2, 0.25) is 5.91 Å². The first kappa shape index (κ1) is 15.7. The second-order valence-electron chi connectivity index (χ2n) is 6.33. The van der Waals surface area contributed by atoms with Crippen molar-refractivity contribution < 1.29 is 4.79 Å². The summed E-state index contributed by atoms with van der Waals surface area (Å²) in [7, 11) is 0. The molecule has 2 aromatic rings. The lowest BCUT2D eigenvalue weighted by molar-refractivity contribution is -0.126. The Balaban J connectivity index is 1.50. The Morgan fingerprint density at radius 3 is 2.96 bits per heavy atom. The summed E-state index contributed by atoms with van der Waals surface area (Å²) in [6.45, 7) is 4.36. The van der Waals surface area contributed by atoms with E-state index in [1.54, 1.807) is 0 Å². The molecule has 1 aromatic heterocycles. The van der Waals surface area contributed by atoms with Crippen molar-refractivity contribution in [2.75, 3.05) is 6.54 Å². The normalized spacial score (nSPS) is 21.1. The Labute approximate surface area is 137 Å². The van der Waals surface area contributed by atoms with Crippen LogP contribution >= 0.6 is 0 Å². The fourth-order valence-corrected chi connectivity index (χ4v) is 3.06. The summed E-state index contributed by atoms with van der Waals surface area (Å²) < 4.78 is 1.91. The average Bonchev–Trinajstić information content (AvgIpc) is 3.01. The van der Waals surface area contributed by atoms with Crippen LogP contribution in [0.4, 0.5) is 0 Å². The molecule has 1 aromatic carbocycles. The summed E-state index contributed by atoms with van der Waals surface area (Å²) in [5.41, 5.74) is 2.26. The van der Waals surface area contributed by atoms with Crippen LogP contribution in [0.2, 0.25) is 0 Å². The van der Waals surface area contributed by atoms with Crippen LogP contribution in [0.15, 0.2) is 42.7 Å². The summed E-state index contributed by atoms with van der Waals surface area (Å²) in [6, 6.07) is 10.7. The number of nitrogens with zero attached hydrogens (tertiary/aromatic N) is 2. The lowest BCUT2D eigenvalue weighted by Gasteiger charge is -2.27. The van der Waals surface area contributed by atoms with Gasteiger partial charge in [-0.25, -0.2) is 0 Å². The molecule has 23 heavy (non-hydrogen) atoms. The third-order valence-electron chi connectivity index (χ3n) is 4.34. The number of amides is 1. The van der Waals surface area contributed by atoms with E-state index < -0.39 is 0 Å². The van der Waals surface area contributed by atoms with E-state index in [-0.39, 0.29) is 11.8 Å². The van der Waals surface area contributed by atoms with Crippen LogP contribution in [-0.2, 0) is 17.9 Å². The van der Waals surface area contributed by atoms with Crippen molar-refractivity contribution in [1.82, 2.24) is 20.4 Å². The van der Waals surface area contributed by atoms with Crippen LogP contribution in [0.5, 0.6) is 0 Å². The molecule has 2 heterocycles. The summed E-state index contributed by atoms with van der Waals surface area (Å²) in [5.74, 6) is 0.291. The average molecular weight is 312 g/mol. The lowest BCUT2D eigenvalue weighted by atomic mass is 9.92. The largest absolute Gasteiger partial charge is 0.352 e.